The van der Waals surface area contributed by atoms with Crippen LogP contribution in [0.3, 0.4) is 0 Å². The molecule has 1 heteroatoms. The first kappa shape index (κ1) is 8.27. The van der Waals surface area contributed by atoms with Gasteiger partial charge in [-0.2, -0.15) is 0 Å². The second-order valence-corrected chi connectivity index (χ2v) is 3.67. The van der Waals surface area contributed by atoms with Gasteiger partial charge in [0.1, 0.15) is 0 Å². The maximum Gasteiger partial charge on any atom is 0.0508 e. The standard InChI is InChI=1S/C12H13N/c1-12(13)8-4-7-10-5-2-3-6-11(10)9-12/h2-9H,13H2,1H3. The van der Waals surface area contributed by atoms with E-state index in [1.54, 1.807) is 0 Å². The third-order valence-electron chi connectivity index (χ3n) is 2.19. The molecule has 1 aromatic rings. The summed E-state index contributed by atoms with van der Waals surface area (Å²) in [7, 11) is 0. The maximum absolute atomic E-state index is 6.03. The Morgan fingerprint density at radius 2 is 1.85 bits per heavy atom. The summed E-state index contributed by atoms with van der Waals surface area (Å²) in [6.07, 6.45) is 8.20. The molecule has 0 aliphatic heterocycles. The average molecular weight is 171 g/mol. The monoisotopic (exact) mass is 171 g/mol. The molecule has 0 spiro atoms. The summed E-state index contributed by atoms with van der Waals surface area (Å²) >= 11 is 0. The SMILES string of the molecule is CC1(N)C=CC=c2ccccc2=C1. The number of rotatable bonds is 0. The van der Waals surface area contributed by atoms with Gasteiger partial charge in [0, 0.05) is 0 Å². The van der Waals surface area contributed by atoms with Gasteiger partial charge in [0.2, 0.25) is 0 Å². The van der Waals surface area contributed by atoms with Crippen LogP contribution in [-0.4, -0.2) is 5.54 Å². The van der Waals surface area contributed by atoms with E-state index in [4.69, 9.17) is 5.73 Å². The summed E-state index contributed by atoms with van der Waals surface area (Å²) in [4.78, 5) is 0. The van der Waals surface area contributed by atoms with Crippen LogP contribution in [-0.2, 0) is 0 Å². The number of allylic oxidation sites excluding steroid dienone is 1. The third kappa shape index (κ3) is 1.70. The zero-order valence-electron chi connectivity index (χ0n) is 7.70. The number of nitrogens with two attached hydrogens (primary N) is 1. The second-order valence-electron chi connectivity index (χ2n) is 3.67. The van der Waals surface area contributed by atoms with Crippen LogP contribution in [0.2, 0.25) is 0 Å². The molecule has 0 fully saturated rings. The van der Waals surface area contributed by atoms with E-state index in [-0.39, 0.29) is 5.54 Å². The molecule has 0 saturated heterocycles. The lowest BCUT2D eigenvalue weighted by atomic mass is 10.0. The van der Waals surface area contributed by atoms with Gasteiger partial charge >= 0.3 is 0 Å². The molecule has 1 unspecified atom stereocenters. The molecule has 13 heavy (non-hydrogen) atoms. The van der Waals surface area contributed by atoms with E-state index < -0.39 is 0 Å². The molecular weight excluding hydrogens is 158 g/mol. The minimum Gasteiger partial charge on any atom is -0.319 e. The van der Waals surface area contributed by atoms with E-state index in [9.17, 15) is 0 Å². The number of fused-ring (bicyclic) bond motifs is 1. The summed E-state index contributed by atoms with van der Waals surface area (Å²) in [5, 5.41) is 2.44. The Labute approximate surface area is 77.9 Å². The molecule has 1 nitrogen and oxygen atoms in total. The molecule has 1 aromatic carbocycles. The normalized spacial score (nSPS) is 25.4. The van der Waals surface area contributed by atoms with Crippen LogP contribution >= 0.6 is 0 Å². The van der Waals surface area contributed by atoms with Crippen LogP contribution in [0.25, 0.3) is 12.2 Å². The molecule has 0 saturated carbocycles. The first-order valence-electron chi connectivity index (χ1n) is 4.44. The lowest BCUT2D eigenvalue weighted by Crippen LogP contribution is -2.35. The zero-order valence-corrected chi connectivity index (χ0v) is 7.70. The van der Waals surface area contributed by atoms with Gasteiger partial charge in [-0.25, -0.2) is 0 Å². The van der Waals surface area contributed by atoms with Crippen molar-refractivity contribution in [2.75, 3.05) is 0 Å². The molecule has 0 amide bonds. The largest absolute Gasteiger partial charge is 0.319 e. The Morgan fingerprint density at radius 3 is 2.62 bits per heavy atom. The minimum absolute atomic E-state index is 0.330. The predicted octanol–water partition coefficient (Wildman–Crippen LogP) is 0.535. The highest BCUT2D eigenvalue weighted by Gasteiger charge is 2.09. The van der Waals surface area contributed by atoms with E-state index in [2.05, 4.69) is 24.3 Å². The average Bonchev–Trinajstić information content (AvgIpc) is 2.21. The summed E-state index contributed by atoms with van der Waals surface area (Å²) in [6, 6.07) is 8.25. The predicted molar refractivity (Wildman–Crippen MR) is 56.4 cm³/mol. The van der Waals surface area contributed by atoms with Crippen molar-refractivity contribution in [1.29, 1.82) is 0 Å². The first-order chi connectivity index (χ1) is 6.17. The molecular formula is C12H13N. The smallest absolute Gasteiger partial charge is 0.0508 e. The van der Waals surface area contributed by atoms with Crippen molar-refractivity contribution in [2.45, 2.75) is 12.5 Å². The van der Waals surface area contributed by atoms with Gasteiger partial charge in [-0.05, 0) is 17.4 Å². The Morgan fingerprint density at radius 1 is 1.15 bits per heavy atom. The molecule has 1 aliphatic carbocycles. The first-order valence-corrected chi connectivity index (χ1v) is 4.44. The van der Waals surface area contributed by atoms with Gasteiger partial charge < -0.3 is 5.73 Å². The number of hydrogen-bond acceptors (Lipinski definition) is 1. The lowest BCUT2D eigenvalue weighted by molar-refractivity contribution is 0.778. The molecule has 1 atom stereocenters. The van der Waals surface area contributed by atoms with Crippen LogP contribution in [0, 0.1) is 0 Å². The lowest BCUT2D eigenvalue weighted by Gasteiger charge is -2.13. The van der Waals surface area contributed by atoms with Crippen molar-refractivity contribution in [3.8, 4) is 0 Å². The zero-order chi connectivity index (χ0) is 9.31. The highest BCUT2D eigenvalue weighted by atomic mass is 14.7. The van der Waals surface area contributed by atoms with Crippen molar-refractivity contribution in [3.05, 3.63) is 46.9 Å². The van der Waals surface area contributed by atoms with Crippen molar-refractivity contribution in [3.63, 3.8) is 0 Å². The second kappa shape index (κ2) is 2.86. The van der Waals surface area contributed by atoms with Crippen molar-refractivity contribution in [2.24, 2.45) is 5.73 Å². The minimum atomic E-state index is -0.330. The van der Waals surface area contributed by atoms with Crippen molar-refractivity contribution in [1.82, 2.24) is 0 Å². The molecule has 0 bridgehead atoms. The maximum atomic E-state index is 6.03. The summed E-state index contributed by atoms with van der Waals surface area (Å²) in [6.45, 7) is 2.00. The van der Waals surface area contributed by atoms with Gasteiger partial charge in [0.05, 0.1) is 5.54 Å². The van der Waals surface area contributed by atoms with Crippen molar-refractivity contribution >= 4 is 12.2 Å². The van der Waals surface area contributed by atoms with Crippen LogP contribution in [0.15, 0.2) is 36.4 Å². The van der Waals surface area contributed by atoms with E-state index >= 15 is 0 Å². The fourth-order valence-electron chi connectivity index (χ4n) is 1.54. The van der Waals surface area contributed by atoms with Gasteiger partial charge in [0.15, 0.2) is 0 Å². The summed E-state index contributed by atoms with van der Waals surface area (Å²) in [5.74, 6) is 0. The summed E-state index contributed by atoms with van der Waals surface area (Å²) < 4.78 is 0. The van der Waals surface area contributed by atoms with Crippen LogP contribution in [0.1, 0.15) is 6.92 Å². The Balaban J connectivity index is 2.77. The van der Waals surface area contributed by atoms with E-state index in [0.29, 0.717) is 0 Å². The van der Waals surface area contributed by atoms with E-state index in [1.807, 2.05) is 31.2 Å². The number of benzene rings is 1. The number of hydrogen-bond donors (Lipinski definition) is 1. The quantitative estimate of drug-likeness (QED) is 0.605. The Bertz CT molecular complexity index is 452. The van der Waals surface area contributed by atoms with Crippen LogP contribution in [0.5, 0.6) is 0 Å². The van der Waals surface area contributed by atoms with Gasteiger partial charge in [-0.15, -0.1) is 0 Å². The molecule has 2 N–H and O–H groups in total. The molecule has 66 valence electrons. The Kier molecular flexibility index (Phi) is 1.82. The van der Waals surface area contributed by atoms with Crippen LogP contribution < -0.4 is 16.2 Å². The fourth-order valence-corrected chi connectivity index (χ4v) is 1.54. The van der Waals surface area contributed by atoms with Crippen LogP contribution in [0.4, 0.5) is 0 Å². The molecule has 1 aliphatic rings. The highest BCUT2D eigenvalue weighted by Crippen LogP contribution is 2.04. The van der Waals surface area contributed by atoms with E-state index in [1.165, 1.54) is 10.4 Å². The molecule has 0 radical (unpaired) electrons. The topological polar surface area (TPSA) is 26.0 Å². The van der Waals surface area contributed by atoms with Gasteiger partial charge in [0.25, 0.3) is 0 Å². The molecule has 0 heterocycles. The van der Waals surface area contributed by atoms with Crippen molar-refractivity contribution < 1.29 is 0 Å². The Hall–Kier alpha value is -1.34. The molecule has 2 rings (SSSR count). The summed E-state index contributed by atoms with van der Waals surface area (Å²) in [5.41, 5.74) is 5.70. The fraction of sp³-hybridized carbons (Fsp3) is 0.167. The highest BCUT2D eigenvalue weighted by molar-refractivity contribution is 5.51. The van der Waals surface area contributed by atoms with Gasteiger partial charge in [-0.1, -0.05) is 48.6 Å². The van der Waals surface area contributed by atoms with E-state index in [0.717, 1.165) is 0 Å². The third-order valence-corrected chi connectivity index (χ3v) is 2.19. The molecule has 0 aromatic heterocycles. The van der Waals surface area contributed by atoms with Gasteiger partial charge in [-0.3, -0.25) is 0 Å².